The van der Waals surface area contributed by atoms with Crippen molar-refractivity contribution in [2.45, 2.75) is 25.9 Å². The van der Waals surface area contributed by atoms with E-state index in [1.165, 1.54) is 0 Å². The third-order valence-electron chi connectivity index (χ3n) is 1.92. The molecule has 1 heterocycles. The topological polar surface area (TPSA) is 52.3 Å². The fourth-order valence-electron chi connectivity index (χ4n) is 1.20. The van der Waals surface area contributed by atoms with Gasteiger partial charge in [-0.1, -0.05) is 6.92 Å². The van der Waals surface area contributed by atoms with Crippen LogP contribution in [-0.4, -0.2) is 18.6 Å². The van der Waals surface area contributed by atoms with E-state index in [1.807, 2.05) is 6.92 Å². The van der Waals surface area contributed by atoms with Gasteiger partial charge in [0.1, 0.15) is 6.10 Å². The van der Waals surface area contributed by atoms with Gasteiger partial charge in [0.05, 0.1) is 5.92 Å². The molecular weight excluding hydrogens is 130 g/mol. The van der Waals surface area contributed by atoms with Crippen LogP contribution >= 0.6 is 0 Å². The van der Waals surface area contributed by atoms with Crippen molar-refractivity contribution >= 4 is 5.97 Å². The largest absolute Gasteiger partial charge is 0.461 e. The lowest BCUT2D eigenvalue weighted by Gasteiger charge is -2.01. The van der Waals surface area contributed by atoms with Crippen molar-refractivity contribution in [2.75, 3.05) is 6.54 Å². The number of hydrogen-bond donors (Lipinski definition) is 1. The highest BCUT2D eigenvalue weighted by Crippen LogP contribution is 2.22. The Labute approximate surface area is 60.5 Å². The Morgan fingerprint density at radius 1 is 1.80 bits per heavy atom. The summed E-state index contributed by atoms with van der Waals surface area (Å²) in [6.45, 7) is 2.45. The zero-order valence-corrected chi connectivity index (χ0v) is 6.17. The van der Waals surface area contributed by atoms with Crippen molar-refractivity contribution in [3.63, 3.8) is 0 Å². The minimum atomic E-state index is -0.0713. The van der Waals surface area contributed by atoms with Crippen molar-refractivity contribution in [3.8, 4) is 0 Å². The first-order valence-corrected chi connectivity index (χ1v) is 3.68. The second kappa shape index (κ2) is 3.01. The summed E-state index contributed by atoms with van der Waals surface area (Å²) in [7, 11) is 0. The van der Waals surface area contributed by atoms with Gasteiger partial charge in [-0.15, -0.1) is 0 Å². The summed E-state index contributed by atoms with van der Waals surface area (Å²) in [6, 6.07) is 0. The molecule has 0 aromatic rings. The van der Waals surface area contributed by atoms with Crippen molar-refractivity contribution in [1.29, 1.82) is 0 Å². The standard InChI is InChI=1S/C7H13NO2/c1-2-5-3-6(4-8)10-7(5)9/h5-6H,2-4,8H2,1H3/t5-,6-/m0/s1. The summed E-state index contributed by atoms with van der Waals surface area (Å²) in [5, 5.41) is 0. The van der Waals surface area contributed by atoms with Gasteiger partial charge < -0.3 is 10.5 Å². The van der Waals surface area contributed by atoms with E-state index in [1.54, 1.807) is 0 Å². The van der Waals surface area contributed by atoms with Crippen LogP contribution in [0, 0.1) is 5.92 Å². The number of hydrogen-bond acceptors (Lipinski definition) is 3. The van der Waals surface area contributed by atoms with Gasteiger partial charge in [-0.2, -0.15) is 0 Å². The second-order valence-electron chi connectivity index (χ2n) is 2.64. The van der Waals surface area contributed by atoms with E-state index in [2.05, 4.69) is 0 Å². The van der Waals surface area contributed by atoms with Crippen LogP contribution in [0.1, 0.15) is 19.8 Å². The fourth-order valence-corrected chi connectivity index (χ4v) is 1.20. The minimum Gasteiger partial charge on any atom is -0.461 e. The summed E-state index contributed by atoms with van der Waals surface area (Å²) in [4.78, 5) is 10.9. The number of carbonyl (C=O) groups excluding carboxylic acids is 1. The molecule has 0 aromatic heterocycles. The van der Waals surface area contributed by atoms with E-state index >= 15 is 0 Å². The maximum Gasteiger partial charge on any atom is 0.309 e. The quantitative estimate of drug-likeness (QED) is 0.565. The molecule has 3 heteroatoms. The van der Waals surface area contributed by atoms with Gasteiger partial charge in [0.25, 0.3) is 0 Å². The predicted molar refractivity (Wildman–Crippen MR) is 37.3 cm³/mol. The van der Waals surface area contributed by atoms with E-state index in [4.69, 9.17) is 10.5 Å². The van der Waals surface area contributed by atoms with Crippen LogP contribution in [0.3, 0.4) is 0 Å². The zero-order valence-electron chi connectivity index (χ0n) is 6.17. The lowest BCUT2D eigenvalue weighted by molar-refractivity contribution is -0.144. The number of ether oxygens (including phenoxy) is 1. The van der Waals surface area contributed by atoms with Gasteiger partial charge in [-0.25, -0.2) is 0 Å². The average molecular weight is 143 g/mol. The van der Waals surface area contributed by atoms with Crippen LogP contribution in [0.2, 0.25) is 0 Å². The maximum absolute atomic E-state index is 10.9. The van der Waals surface area contributed by atoms with Crippen molar-refractivity contribution in [1.82, 2.24) is 0 Å². The molecule has 0 bridgehead atoms. The molecule has 0 radical (unpaired) electrons. The summed E-state index contributed by atoms with van der Waals surface area (Å²) in [5.41, 5.74) is 5.34. The molecule has 0 saturated carbocycles. The maximum atomic E-state index is 10.9. The van der Waals surface area contributed by atoms with Gasteiger partial charge in [0, 0.05) is 6.54 Å². The van der Waals surface area contributed by atoms with Crippen molar-refractivity contribution in [2.24, 2.45) is 11.7 Å². The number of carbonyl (C=O) groups is 1. The molecule has 58 valence electrons. The Balaban J connectivity index is 2.44. The van der Waals surface area contributed by atoms with E-state index in [0.717, 1.165) is 12.8 Å². The lowest BCUT2D eigenvalue weighted by atomic mass is 10.0. The van der Waals surface area contributed by atoms with E-state index in [-0.39, 0.29) is 18.0 Å². The van der Waals surface area contributed by atoms with Crippen LogP contribution in [0.15, 0.2) is 0 Å². The van der Waals surface area contributed by atoms with Gasteiger partial charge in [-0.05, 0) is 12.8 Å². The molecule has 3 nitrogen and oxygen atoms in total. The Morgan fingerprint density at radius 2 is 2.50 bits per heavy atom. The normalized spacial score (nSPS) is 32.4. The molecule has 0 aromatic carbocycles. The molecule has 0 amide bonds. The van der Waals surface area contributed by atoms with Crippen LogP contribution in [0.5, 0.6) is 0 Å². The number of rotatable bonds is 2. The third kappa shape index (κ3) is 1.29. The van der Waals surface area contributed by atoms with E-state index in [0.29, 0.717) is 6.54 Å². The monoisotopic (exact) mass is 143 g/mol. The van der Waals surface area contributed by atoms with Gasteiger partial charge in [-0.3, -0.25) is 4.79 Å². The van der Waals surface area contributed by atoms with Gasteiger partial charge in [0.2, 0.25) is 0 Å². The molecule has 1 rings (SSSR count). The highest BCUT2D eigenvalue weighted by Gasteiger charge is 2.31. The fraction of sp³-hybridized carbons (Fsp3) is 0.857. The summed E-state index contributed by atoms with van der Waals surface area (Å²) in [5.74, 6) is 0.0338. The van der Waals surface area contributed by atoms with Crippen LogP contribution in [0.4, 0.5) is 0 Å². The molecule has 1 aliphatic rings. The summed E-state index contributed by atoms with van der Waals surface area (Å²) >= 11 is 0. The molecule has 1 aliphatic heterocycles. The molecule has 1 fully saturated rings. The smallest absolute Gasteiger partial charge is 0.309 e. The number of nitrogens with two attached hydrogens (primary N) is 1. The highest BCUT2D eigenvalue weighted by molar-refractivity contribution is 5.74. The first kappa shape index (κ1) is 7.54. The third-order valence-corrected chi connectivity index (χ3v) is 1.92. The first-order valence-electron chi connectivity index (χ1n) is 3.68. The summed E-state index contributed by atoms with van der Waals surface area (Å²) in [6.07, 6.45) is 1.67. The van der Waals surface area contributed by atoms with Crippen molar-refractivity contribution in [3.05, 3.63) is 0 Å². The Bertz CT molecular complexity index is 136. The van der Waals surface area contributed by atoms with Crippen molar-refractivity contribution < 1.29 is 9.53 Å². The predicted octanol–water partition coefficient (Wildman–Crippen LogP) is 0.287. The number of esters is 1. The molecule has 1 saturated heterocycles. The highest BCUT2D eigenvalue weighted by atomic mass is 16.6. The molecule has 0 unspecified atom stereocenters. The zero-order chi connectivity index (χ0) is 7.56. The first-order chi connectivity index (χ1) is 4.77. The van der Waals surface area contributed by atoms with Gasteiger partial charge in [0.15, 0.2) is 0 Å². The minimum absolute atomic E-state index is 0.0163. The second-order valence-corrected chi connectivity index (χ2v) is 2.64. The Hall–Kier alpha value is -0.570. The molecule has 2 N–H and O–H groups in total. The average Bonchev–Trinajstić information content (AvgIpc) is 2.30. The molecule has 2 atom stereocenters. The van der Waals surface area contributed by atoms with E-state index in [9.17, 15) is 4.79 Å². The van der Waals surface area contributed by atoms with Crippen LogP contribution in [0.25, 0.3) is 0 Å². The van der Waals surface area contributed by atoms with Gasteiger partial charge >= 0.3 is 5.97 Å². The van der Waals surface area contributed by atoms with E-state index < -0.39 is 0 Å². The molecule has 0 aliphatic carbocycles. The lowest BCUT2D eigenvalue weighted by Crippen LogP contribution is -2.18. The summed E-state index contributed by atoms with van der Waals surface area (Å²) < 4.78 is 4.95. The SMILES string of the molecule is CC[C@H]1C[C@@H](CN)OC1=O. The molecular formula is C7H13NO2. The Morgan fingerprint density at radius 3 is 2.80 bits per heavy atom. The molecule has 0 spiro atoms. The Kier molecular flexibility index (Phi) is 2.27. The molecule has 10 heavy (non-hydrogen) atoms. The number of cyclic esters (lactones) is 1. The van der Waals surface area contributed by atoms with Crippen LogP contribution < -0.4 is 5.73 Å². The van der Waals surface area contributed by atoms with Crippen LogP contribution in [-0.2, 0) is 9.53 Å².